The van der Waals surface area contributed by atoms with Crippen LogP contribution in [-0.4, -0.2) is 23.6 Å². The largest absolute Gasteiger partial charge is 0.452 e. The Balaban J connectivity index is 1.97. The van der Waals surface area contributed by atoms with Gasteiger partial charge in [0.1, 0.15) is 0 Å². The van der Waals surface area contributed by atoms with Crippen LogP contribution >= 0.6 is 34.8 Å². The highest BCUT2D eigenvalue weighted by Gasteiger charge is 2.22. The molecule has 1 amide bonds. The molecule has 0 fully saturated rings. The number of benzene rings is 1. The molecule has 6 nitrogen and oxygen atoms in total. The highest BCUT2D eigenvalue weighted by atomic mass is 35.5. The lowest BCUT2D eigenvalue weighted by molar-refractivity contribution is -0.119. The molecular formula is C16H15Cl3N2O4. The smallest absolute Gasteiger partial charge is 0.341 e. The van der Waals surface area contributed by atoms with Crippen molar-refractivity contribution in [2.45, 2.75) is 26.2 Å². The molecule has 0 atom stereocenters. The minimum absolute atomic E-state index is 0.0374. The Hall–Kier alpha value is -1.76. The summed E-state index contributed by atoms with van der Waals surface area (Å²) in [4.78, 5) is 23.9. The van der Waals surface area contributed by atoms with Crippen LogP contribution in [-0.2, 0) is 14.9 Å². The van der Waals surface area contributed by atoms with Crippen LogP contribution in [0.3, 0.4) is 0 Å². The standard InChI is InChI=1S/C16H15Cl3N2O4/c1-16(2,3)10-6-12(25-21-10)20-11(22)7-24-15(23)13-8(17)4-5-9(18)14(13)19/h4-6H,7H2,1-3H3,(H,20,22). The lowest BCUT2D eigenvalue weighted by Gasteiger charge is -2.12. The molecule has 25 heavy (non-hydrogen) atoms. The molecule has 9 heteroatoms. The molecule has 0 radical (unpaired) electrons. The van der Waals surface area contributed by atoms with E-state index < -0.39 is 18.5 Å². The molecule has 0 unspecified atom stereocenters. The summed E-state index contributed by atoms with van der Waals surface area (Å²) in [6.07, 6.45) is 0. The van der Waals surface area contributed by atoms with Crippen LogP contribution in [0.25, 0.3) is 0 Å². The van der Waals surface area contributed by atoms with E-state index in [-0.39, 0.29) is 31.9 Å². The van der Waals surface area contributed by atoms with Crippen LogP contribution in [0.2, 0.25) is 15.1 Å². The van der Waals surface area contributed by atoms with Crippen LogP contribution in [0.4, 0.5) is 5.88 Å². The maximum absolute atomic E-state index is 12.1. The first-order valence-corrected chi connectivity index (χ1v) is 8.30. The fraction of sp³-hybridized carbons (Fsp3) is 0.312. The quantitative estimate of drug-likeness (QED) is 0.587. The summed E-state index contributed by atoms with van der Waals surface area (Å²) in [5.41, 5.74) is 0.356. The topological polar surface area (TPSA) is 81.4 Å². The molecule has 1 aromatic heterocycles. The van der Waals surface area contributed by atoms with E-state index in [4.69, 9.17) is 44.1 Å². The maximum Gasteiger partial charge on any atom is 0.341 e. The van der Waals surface area contributed by atoms with Gasteiger partial charge in [0.15, 0.2) is 6.61 Å². The first-order valence-electron chi connectivity index (χ1n) is 7.17. The van der Waals surface area contributed by atoms with Gasteiger partial charge in [-0.1, -0.05) is 60.7 Å². The number of rotatable bonds is 4. The van der Waals surface area contributed by atoms with E-state index >= 15 is 0 Å². The second-order valence-electron chi connectivity index (χ2n) is 6.17. The normalized spacial score (nSPS) is 11.3. The third-order valence-corrected chi connectivity index (χ3v) is 4.24. The molecule has 0 spiro atoms. The van der Waals surface area contributed by atoms with Gasteiger partial charge in [0.05, 0.1) is 26.3 Å². The number of amides is 1. The SMILES string of the molecule is CC(C)(C)c1cc(NC(=O)COC(=O)c2c(Cl)ccc(Cl)c2Cl)on1. The van der Waals surface area contributed by atoms with Gasteiger partial charge < -0.3 is 9.26 Å². The highest BCUT2D eigenvalue weighted by molar-refractivity contribution is 6.46. The van der Waals surface area contributed by atoms with E-state index in [1.807, 2.05) is 20.8 Å². The first kappa shape index (κ1) is 19.6. The van der Waals surface area contributed by atoms with Crippen molar-refractivity contribution < 1.29 is 18.8 Å². The van der Waals surface area contributed by atoms with Gasteiger partial charge in [-0.05, 0) is 12.1 Å². The molecule has 0 saturated heterocycles. The molecule has 0 aliphatic heterocycles. The van der Waals surface area contributed by atoms with Crippen LogP contribution < -0.4 is 5.32 Å². The second-order valence-corrected chi connectivity index (χ2v) is 7.36. The third kappa shape index (κ3) is 4.87. The number of aromatic nitrogens is 1. The van der Waals surface area contributed by atoms with Crippen molar-refractivity contribution in [2.24, 2.45) is 0 Å². The van der Waals surface area contributed by atoms with Crippen molar-refractivity contribution in [2.75, 3.05) is 11.9 Å². The molecule has 0 aliphatic rings. The van der Waals surface area contributed by atoms with Crippen LogP contribution in [0.1, 0.15) is 36.8 Å². The van der Waals surface area contributed by atoms with E-state index in [1.54, 1.807) is 6.07 Å². The van der Waals surface area contributed by atoms with E-state index in [1.165, 1.54) is 12.1 Å². The minimum atomic E-state index is -0.861. The molecule has 0 bridgehead atoms. The van der Waals surface area contributed by atoms with Crippen LogP contribution in [0.15, 0.2) is 22.7 Å². The van der Waals surface area contributed by atoms with Gasteiger partial charge in [0.2, 0.25) is 5.88 Å². The number of halogens is 3. The van der Waals surface area contributed by atoms with E-state index in [0.717, 1.165) is 0 Å². The molecule has 0 aliphatic carbocycles. The minimum Gasteiger partial charge on any atom is -0.452 e. The summed E-state index contributed by atoms with van der Waals surface area (Å²) in [6, 6.07) is 4.46. The zero-order valence-electron chi connectivity index (χ0n) is 13.7. The summed E-state index contributed by atoms with van der Waals surface area (Å²) < 4.78 is 9.94. The zero-order chi connectivity index (χ0) is 18.8. The molecular weight excluding hydrogens is 391 g/mol. The molecule has 1 aromatic carbocycles. The van der Waals surface area contributed by atoms with Crippen molar-refractivity contribution in [3.8, 4) is 0 Å². The van der Waals surface area contributed by atoms with Crippen molar-refractivity contribution in [3.63, 3.8) is 0 Å². The third-order valence-electron chi connectivity index (χ3n) is 3.12. The average Bonchev–Trinajstić information content (AvgIpc) is 2.98. The maximum atomic E-state index is 12.1. The van der Waals surface area contributed by atoms with Crippen molar-refractivity contribution in [3.05, 3.63) is 44.5 Å². The summed E-state index contributed by atoms with van der Waals surface area (Å²) >= 11 is 17.7. The van der Waals surface area contributed by atoms with Gasteiger partial charge in [-0.3, -0.25) is 10.1 Å². The molecule has 0 saturated carbocycles. The number of esters is 1. The number of nitrogens with one attached hydrogen (secondary N) is 1. The lowest BCUT2D eigenvalue weighted by atomic mass is 9.92. The van der Waals surface area contributed by atoms with Gasteiger partial charge in [0, 0.05) is 11.5 Å². The van der Waals surface area contributed by atoms with Crippen molar-refractivity contribution in [1.29, 1.82) is 0 Å². The number of hydrogen-bond donors (Lipinski definition) is 1. The Bertz CT molecular complexity index is 812. The molecule has 1 N–H and O–H groups in total. The Morgan fingerprint density at radius 1 is 1.20 bits per heavy atom. The lowest BCUT2D eigenvalue weighted by Crippen LogP contribution is -2.21. The number of nitrogens with zero attached hydrogens (tertiary/aromatic N) is 1. The average molecular weight is 406 g/mol. The predicted molar refractivity (Wildman–Crippen MR) is 95.6 cm³/mol. The number of ether oxygens (including phenoxy) is 1. The fourth-order valence-electron chi connectivity index (χ4n) is 1.78. The van der Waals surface area contributed by atoms with Crippen LogP contribution in [0.5, 0.6) is 0 Å². The number of carbonyl (C=O) groups excluding carboxylic acids is 2. The van der Waals surface area contributed by atoms with Crippen molar-refractivity contribution >= 4 is 52.6 Å². The van der Waals surface area contributed by atoms with Gasteiger partial charge in [-0.25, -0.2) is 4.79 Å². The number of anilines is 1. The van der Waals surface area contributed by atoms with Crippen molar-refractivity contribution in [1.82, 2.24) is 5.16 Å². The Morgan fingerprint density at radius 2 is 1.84 bits per heavy atom. The van der Waals surface area contributed by atoms with Gasteiger partial charge in [-0.2, -0.15) is 0 Å². The Labute approximate surface area is 159 Å². The number of carbonyl (C=O) groups is 2. The Morgan fingerprint density at radius 3 is 2.44 bits per heavy atom. The van der Waals surface area contributed by atoms with E-state index in [0.29, 0.717) is 5.69 Å². The number of hydrogen-bond acceptors (Lipinski definition) is 5. The predicted octanol–water partition coefficient (Wildman–Crippen LogP) is 4.73. The molecule has 134 valence electrons. The molecule has 2 aromatic rings. The van der Waals surface area contributed by atoms with Gasteiger partial charge >= 0.3 is 5.97 Å². The van der Waals surface area contributed by atoms with Crippen LogP contribution in [0, 0.1) is 0 Å². The monoisotopic (exact) mass is 404 g/mol. The van der Waals surface area contributed by atoms with Gasteiger partial charge in [-0.15, -0.1) is 0 Å². The summed E-state index contributed by atoms with van der Waals surface area (Å²) in [6.45, 7) is 5.31. The first-order chi connectivity index (χ1) is 11.6. The molecule has 1 heterocycles. The Kier molecular flexibility index (Phi) is 5.98. The highest BCUT2D eigenvalue weighted by Crippen LogP contribution is 2.31. The van der Waals surface area contributed by atoms with E-state index in [2.05, 4.69) is 10.5 Å². The van der Waals surface area contributed by atoms with Gasteiger partial charge in [0.25, 0.3) is 5.91 Å². The summed E-state index contributed by atoms with van der Waals surface area (Å²) in [5.74, 6) is -1.30. The summed E-state index contributed by atoms with van der Waals surface area (Å²) in [7, 11) is 0. The van der Waals surface area contributed by atoms with E-state index in [9.17, 15) is 9.59 Å². The second kappa shape index (κ2) is 7.64. The fourth-order valence-corrected chi connectivity index (χ4v) is 2.46. The summed E-state index contributed by atoms with van der Waals surface area (Å²) in [5, 5.41) is 6.50. The molecule has 2 rings (SSSR count). The zero-order valence-corrected chi connectivity index (χ0v) is 15.9.